The highest BCUT2D eigenvalue weighted by Crippen LogP contribution is 2.37. The molecule has 100 valence electrons. The molecular weight excluding hydrogens is 232 g/mol. The number of nitriles is 1. The minimum Gasteiger partial charge on any atom is -0.367 e. The van der Waals surface area contributed by atoms with Crippen molar-refractivity contribution in [2.45, 2.75) is 45.1 Å². The van der Waals surface area contributed by atoms with Crippen molar-refractivity contribution in [3.05, 3.63) is 29.8 Å². The van der Waals surface area contributed by atoms with Crippen LogP contribution < -0.4 is 4.90 Å². The lowest BCUT2D eigenvalue weighted by atomic mass is 9.82. The molecule has 2 aliphatic rings. The van der Waals surface area contributed by atoms with Gasteiger partial charge in [-0.3, -0.25) is 0 Å². The Morgan fingerprint density at radius 3 is 2.84 bits per heavy atom. The summed E-state index contributed by atoms with van der Waals surface area (Å²) >= 11 is 0. The number of fused-ring (bicyclic) bond motifs is 1. The van der Waals surface area contributed by atoms with Crippen molar-refractivity contribution in [2.24, 2.45) is 11.8 Å². The zero-order valence-electron chi connectivity index (χ0n) is 11.7. The number of nitrogens with zero attached hydrogens (tertiary/aromatic N) is 2. The van der Waals surface area contributed by atoms with Gasteiger partial charge in [0.15, 0.2) is 0 Å². The second-order valence-electron chi connectivity index (χ2n) is 6.18. The standard InChI is InChI=1S/C17H22N2/c1-13-10-14-6-2-4-8-16(14)19(12-13)17-9-5-3-7-15(17)11-18/h2,4,6,8,13,15,17H,3,5,7,9-10,12H2,1H3. The van der Waals surface area contributed by atoms with Crippen LogP contribution in [0, 0.1) is 23.2 Å². The predicted molar refractivity (Wildman–Crippen MR) is 78.0 cm³/mol. The molecule has 0 bridgehead atoms. The highest BCUT2D eigenvalue weighted by Gasteiger charge is 2.33. The normalized spacial score (nSPS) is 30.5. The van der Waals surface area contributed by atoms with Crippen LogP contribution in [0.25, 0.3) is 0 Å². The molecule has 0 amide bonds. The van der Waals surface area contributed by atoms with E-state index in [4.69, 9.17) is 0 Å². The largest absolute Gasteiger partial charge is 0.367 e. The van der Waals surface area contributed by atoms with Crippen LogP contribution in [0.3, 0.4) is 0 Å². The molecule has 1 heterocycles. The van der Waals surface area contributed by atoms with Crippen LogP contribution >= 0.6 is 0 Å². The van der Waals surface area contributed by atoms with Crippen LogP contribution in [-0.4, -0.2) is 12.6 Å². The molecule has 0 spiro atoms. The van der Waals surface area contributed by atoms with Crippen LogP contribution in [0.1, 0.15) is 38.2 Å². The van der Waals surface area contributed by atoms with E-state index in [0.29, 0.717) is 12.0 Å². The Morgan fingerprint density at radius 2 is 2.00 bits per heavy atom. The van der Waals surface area contributed by atoms with Gasteiger partial charge in [-0.2, -0.15) is 5.26 Å². The SMILES string of the molecule is CC1Cc2ccccc2N(C2CCCCC2C#N)C1. The zero-order valence-corrected chi connectivity index (χ0v) is 11.7. The zero-order chi connectivity index (χ0) is 13.2. The summed E-state index contributed by atoms with van der Waals surface area (Å²) in [6, 6.07) is 11.7. The highest BCUT2D eigenvalue weighted by atomic mass is 15.2. The summed E-state index contributed by atoms with van der Waals surface area (Å²) in [5, 5.41) is 9.43. The van der Waals surface area contributed by atoms with Gasteiger partial charge in [0.1, 0.15) is 0 Å². The van der Waals surface area contributed by atoms with Crippen molar-refractivity contribution < 1.29 is 0 Å². The fourth-order valence-electron chi connectivity index (χ4n) is 3.79. The monoisotopic (exact) mass is 254 g/mol. The van der Waals surface area contributed by atoms with Crippen molar-refractivity contribution in [2.75, 3.05) is 11.4 Å². The number of rotatable bonds is 1. The third-order valence-corrected chi connectivity index (χ3v) is 4.67. The van der Waals surface area contributed by atoms with Gasteiger partial charge in [0.25, 0.3) is 0 Å². The Balaban J connectivity index is 1.94. The van der Waals surface area contributed by atoms with E-state index in [1.807, 2.05) is 0 Å². The van der Waals surface area contributed by atoms with Crippen molar-refractivity contribution in [3.63, 3.8) is 0 Å². The summed E-state index contributed by atoms with van der Waals surface area (Å²) in [4.78, 5) is 2.54. The predicted octanol–water partition coefficient (Wildman–Crippen LogP) is 3.77. The van der Waals surface area contributed by atoms with E-state index in [1.54, 1.807) is 0 Å². The first-order chi connectivity index (χ1) is 9.29. The fraction of sp³-hybridized carbons (Fsp3) is 0.588. The van der Waals surface area contributed by atoms with Crippen LogP contribution in [0.4, 0.5) is 5.69 Å². The van der Waals surface area contributed by atoms with Gasteiger partial charge < -0.3 is 4.90 Å². The maximum atomic E-state index is 9.43. The van der Waals surface area contributed by atoms with Crippen LogP contribution in [0.5, 0.6) is 0 Å². The summed E-state index contributed by atoms with van der Waals surface area (Å²) < 4.78 is 0. The third-order valence-electron chi connectivity index (χ3n) is 4.67. The summed E-state index contributed by atoms with van der Waals surface area (Å²) in [5.41, 5.74) is 2.84. The molecule has 0 saturated heterocycles. The van der Waals surface area contributed by atoms with Gasteiger partial charge in [-0.15, -0.1) is 0 Å². The van der Waals surface area contributed by atoms with E-state index in [-0.39, 0.29) is 5.92 Å². The molecule has 1 aliphatic carbocycles. The van der Waals surface area contributed by atoms with E-state index in [2.05, 4.69) is 42.2 Å². The summed E-state index contributed by atoms with van der Waals surface area (Å²) in [7, 11) is 0. The molecule has 3 rings (SSSR count). The number of hydrogen-bond donors (Lipinski definition) is 0. The minimum atomic E-state index is 0.215. The molecule has 1 aromatic rings. The molecule has 19 heavy (non-hydrogen) atoms. The lowest BCUT2D eigenvalue weighted by Crippen LogP contribution is -2.47. The van der Waals surface area contributed by atoms with Crippen molar-refractivity contribution in [1.29, 1.82) is 5.26 Å². The summed E-state index contributed by atoms with van der Waals surface area (Å²) in [5.74, 6) is 0.906. The van der Waals surface area contributed by atoms with Crippen molar-refractivity contribution in [1.82, 2.24) is 0 Å². The number of benzene rings is 1. The van der Waals surface area contributed by atoms with E-state index in [9.17, 15) is 5.26 Å². The van der Waals surface area contributed by atoms with Crippen LogP contribution in [-0.2, 0) is 6.42 Å². The maximum Gasteiger partial charge on any atom is 0.0677 e. The van der Waals surface area contributed by atoms with Crippen LogP contribution in [0.15, 0.2) is 24.3 Å². The molecule has 1 fully saturated rings. The first kappa shape index (κ1) is 12.5. The van der Waals surface area contributed by atoms with Gasteiger partial charge in [-0.05, 0) is 36.8 Å². The van der Waals surface area contributed by atoms with Gasteiger partial charge in [0.2, 0.25) is 0 Å². The quantitative estimate of drug-likeness (QED) is 0.763. The van der Waals surface area contributed by atoms with E-state index in [1.165, 1.54) is 36.9 Å². The lowest BCUT2D eigenvalue weighted by Gasteiger charge is -2.43. The van der Waals surface area contributed by atoms with Gasteiger partial charge in [-0.25, -0.2) is 0 Å². The molecule has 1 aromatic carbocycles. The fourth-order valence-corrected chi connectivity index (χ4v) is 3.79. The molecule has 0 aromatic heterocycles. The van der Waals surface area contributed by atoms with Crippen molar-refractivity contribution in [3.8, 4) is 6.07 Å². The second kappa shape index (κ2) is 5.25. The number of hydrogen-bond acceptors (Lipinski definition) is 2. The third kappa shape index (κ3) is 2.34. The Labute approximate surface area is 116 Å². The molecule has 1 aliphatic heterocycles. The second-order valence-corrected chi connectivity index (χ2v) is 6.18. The van der Waals surface area contributed by atoms with Gasteiger partial charge in [0.05, 0.1) is 12.0 Å². The van der Waals surface area contributed by atoms with E-state index >= 15 is 0 Å². The summed E-state index contributed by atoms with van der Waals surface area (Å²) in [6.07, 6.45) is 5.93. The number of anilines is 1. The maximum absolute atomic E-state index is 9.43. The highest BCUT2D eigenvalue weighted by molar-refractivity contribution is 5.57. The Morgan fingerprint density at radius 1 is 1.21 bits per heavy atom. The molecule has 2 heteroatoms. The average molecular weight is 254 g/mol. The first-order valence-corrected chi connectivity index (χ1v) is 7.53. The Hall–Kier alpha value is -1.49. The van der Waals surface area contributed by atoms with Gasteiger partial charge >= 0.3 is 0 Å². The number of para-hydroxylation sites is 1. The molecule has 1 saturated carbocycles. The Kier molecular flexibility index (Phi) is 3.46. The molecule has 3 atom stereocenters. The smallest absolute Gasteiger partial charge is 0.0677 e. The van der Waals surface area contributed by atoms with Gasteiger partial charge in [0, 0.05) is 18.3 Å². The van der Waals surface area contributed by atoms with Gasteiger partial charge in [-0.1, -0.05) is 38.0 Å². The molecular formula is C17H22N2. The molecule has 0 N–H and O–H groups in total. The topological polar surface area (TPSA) is 27.0 Å². The lowest BCUT2D eigenvalue weighted by molar-refractivity contribution is 0.331. The molecule has 3 unspecified atom stereocenters. The minimum absolute atomic E-state index is 0.215. The average Bonchev–Trinajstić information content (AvgIpc) is 2.46. The van der Waals surface area contributed by atoms with Crippen LogP contribution in [0.2, 0.25) is 0 Å². The Bertz CT molecular complexity index is 488. The summed E-state index contributed by atoms with van der Waals surface area (Å²) in [6.45, 7) is 3.44. The van der Waals surface area contributed by atoms with E-state index in [0.717, 1.165) is 13.0 Å². The van der Waals surface area contributed by atoms with E-state index < -0.39 is 0 Å². The molecule has 0 radical (unpaired) electrons. The molecule has 2 nitrogen and oxygen atoms in total. The van der Waals surface area contributed by atoms with Crippen molar-refractivity contribution >= 4 is 5.69 Å². The first-order valence-electron chi connectivity index (χ1n) is 7.53.